The second-order valence-corrected chi connectivity index (χ2v) is 3.51. The van der Waals surface area contributed by atoms with Gasteiger partial charge in [-0.25, -0.2) is 9.13 Å². The van der Waals surface area contributed by atoms with E-state index in [1.165, 1.54) is 14.2 Å². The van der Waals surface area contributed by atoms with Crippen LogP contribution in [0.5, 0.6) is 0 Å². The lowest BCUT2D eigenvalue weighted by Crippen LogP contribution is -2.23. The van der Waals surface area contributed by atoms with Crippen LogP contribution in [0.2, 0.25) is 0 Å². The Kier molecular flexibility index (Phi) is 6.72. The SMILES string of the molecule is COP([O-])OC.Cn1cc[n+](C)c1. The Morgan fingerprint density at radius 1 is 1.38 bits per heavy atom. The van der Waals surface area contributed by atoms with Crippen molar-refractivity contribution >= 4 is 8.60 Å². The maximum absolute atomic E-state index is 9.88. The first-order valence-corrected chi connectivity index (χ1v) is 4.72. The average Bonchev–Trinajstić information content (AvgIpc) is 2.49. The number of aryl methyl sites for hydroxylation is 2. The molecule has 0 aromatic carbocycles. The lowest BCUT2D eigenvalue weighted by Gasteiger charge is -2.15. The van der Waals surface area contributed by atoms with Gasteiger partial charge in [0.1, 0.15) is 12.4 Å². The van der Waals surface area contributed by atoms with Crippen molar-refractivity contribution in [2.24, 2.45) is 14.1 Å². The van der Waals surface area contributed by atoms with Crippen LogP contribution in [0.3, 0.4) is 0 Å². The second kappa shape index (κ2) is 6.97. The van der Waals surface area contributed by atoms with Crippen LogP contribution in [0.25, 0.3) is 0 Å². The molecule has 0 spiro atoms. The van der Waals surface area contributed by atoms with E-state index in [2.05, 4.69) is 9.05 Å². The average molecular weight is 206 g/mol. The van der Waals surface area contributed by atoms with Gasteiger partial charge >= 0.3 is 0 Å². The van der Waals surface area contributed by atoms with Crippen LogP contribution in [0.1, 0.15) is 0 Å². The summed E-state index contributed by atoms with van der Waals surface area (Å²) >= 11 is 0. The number of rotatable bonds is 2. The maximum atomic E-state index is 9.88. The Balaban J connectivity index is 0.000000226. The zero-order valence-electron chi connectivity index (χ0n) is 8.30. The van der Waals surface area contributed by atoms with Gasteiger partial charge in [0, 0.05) is 14.2 Å². The molecule has 0 aliphatic heterocycles. The first-order valence-electron chi connectivity index (χ1n) is 3.62. The highest BCUT2D eigenvalue weighted by molar-refractivity contribution is 7.38. The molecule has 1 aromatic heterocycles. The number of hydrogen-bond acceptors (Lipinski definition) is 3. The fraction of sp³-hybridized carbons (Fsp3) is 0.571. The third kappa shape index (κ3) is 6.66. The van der Waals surface area contributed by atoms with Crippen molar-refractivity contribution in [3.63, 3.8) is 0 Å². The lowest BCUT2D eigenvalue weighted by molar-refractivity contribution is -0.670. The van der Waals surface area contributed by atoms with E-state index >= 15 is 0 Å². The minimum Gasteiger partial charge on any atom is -0.786 e. The van der Waals surface area contributed by atoms with E-state index in [-0.39, 0.29) is 0 Å². The Hall–Kier alpha value is -0.480. The van der Waals surface area contributed by atoms with Crippen LogP contribution < -0.4 is 9.46 Å². The fourth-order valence-electron chi connectivity index (χ4n) is 0.649. The van der Waals surface area contributed by atoms with Crippen molar-refractivity contribution in [3.8, 4) is 0 Å². The predicted octanol–water partition coefficient (Wildman–Crippen LogP) is -0.284. The largest absolute Gasteiger partial charge is 0.786 e. The summed E-state index contributed by atoms with van der Waals surface area (Å²) in [5, 5.41) is 0. The zero-order chi connectivity index (χ0) is 10.3. The molecular weight excluding hydrogens is 191 g/mol. The molecule has 76 valence electrons. The summed E-state index contributed by atoms with van der Waals surface area (Å²) in [5.74, 6) is 0. The predicted molar refractivity (Wildman–Crippen MR) is 47.5 cm³/mol. The third-order valence-corrected chi connectivity index (χ3v) is 1.80. The molecule has 0 bridgehead atoms. The number of imidazole rings is 1. The normalized spacial score (nSPS) is 9.69. The van der Waals surface area contributed by atoms with E-state index in [0.29, 0.717) is 0 Å². The smallest absolute Gasteiger partial charge is 0.243 e. The number of nitrogens with zero attached hydrogens (tertiary/aromatic N) is 2. The minimum absolute atomic E-state index is 1.32. The second-order valence-electron chi connectivity index (χ2n) is 2.33. The van der Waals surface area contributed by atoms with Crippen molar-refractivity contribution < 1.29 is 18.5 Å². The standard InChI is InChI=1S/C5H9N2.C2H6O3P/c1-6-3-4-7(2)5-6;1-4-6(3)5-2/h3-5H,1-2H3;1-2H3/q+1;-1. The van der Waals surface area contributed by atoms with Crippen LogP contribution in [0, 0.1) is 0 Å². The van der Waals surface area contributed by atoms with Gasteiger partial charge in [-0.3, -0.25) is 0 Å². The monoisotopic (exact) mass is 206 g/mol. The molecule has 0 saturated carbocycles. The Morgan fingerprint density at radius 3 is 2.00 bits per heavy atom. The highest BCUT2D eigenvalue weighted by atomic mass is 31.2. The van der Waals surface area contributed by atoms with Crippen molar-refractivity contribution in [2.45, 2.75) is 0 Å². The highest BCUT2D eigenvalue weighted by Crippen LogP contribution is 2.22. The summed E-state index contributed by atoms with van der Waals surface area (Å²) in [6.07, 6.45) is 6.00. The van der Waals surface area contributed by atoms with E-state index < -0.39 is 8.60 Å². The molecule has 0 saturated heterocycles. The van der Waals surface area contributed by atoms with E-state index in [1.54, 1.807) is 0 Å². The Morgan fingerprint density at radius 2 is 1.92 bits per heavy atom. The number of hydrogen-bond donors (Lipinski definition) is 0. The van der Waals surface area contributed by atoms with Crippen molar-refractivity contribution in [1.82, 2.24) is 4.57 Å². The first-order chi connectivity index (χ1) is 6.10. The molecule has 0 amide bonds. The van der Waals surface area contributed by atoms with Crippen LogP contribution in [0.4, 0.5) is 0 Å². The zero-order valence-corrected chi connectivity index (χ0v) is 9.19. The van der Waals surface area contributed by atoms with Crippen molar-refractivity contribution in [2.75, 3.05) is 14.2 Å². The molecular formula is C7H15N2O3P. The van der Waals surface area contributed by atoms with E-state index in [9.17, 15) is 4.89 Å². The van der Waals surface area contributed by atoms with Gasteiger partial charge in [-0.05, 0) is 0 Å². The molecule has 0 aliphatic rings. The van der Waals surface area contributed by atoms with E-state index in [0.717, 1.165) is 0 Å². The first kappa shape index (κ1) is 12.5. The van der Waals surface area contributed by atoms with E-state index in [4.69, 9.17) is 0 Å². The van der Waals surface area contributed by atoms with Crippen LogP contribution in [0.15, 0.2) is 18.7 Å². The molecule has 1 rings (SSSR count). The molecule has 6 heteroatoms. The van der Waals surface area contributed by atoms with E-state index in [1.807, 2.05) is 42.0 Å². The molecule has 13 heavy (non-hydrogen) atoms. The molecule has 5 nitrogen and oxygen atoms in total. The summed E-state index contributed by atoms with van der Waals surface area (Å²) in [5.41, 5.74) is 0. The van der Waals surface area contributed by atoms with Gasteiger partial charge in [-0.15, -0.1) is 0 Å². The quantitative estimate of drug-likeness (QED) is 0.493. The van der Waals surface area contributed by atoms with Gasteiger partial charge in [-0.1, -0.05) is 0 Å². The molecule has 0 radical (unpaired) electrons. The van der Waals surface area contributed by atoms with Crippen molar-refractivity contribution in [1.29, 1.82) is 0 Å². The maximum Gasteiger partial charge on any atom is 0.243 e. The molecule has 1 heterocycles. The van der Waals surface area contributed by atoms with Crippen LogP contribution in [-0.2, 0) is 23.1 Å². The third-order valence-electron chi connectivity index (χ3n) is 1.20. The molecule has 1 aromatic rings. The van der Waals surface area contributed by atoms with Crippen LogP contribution in [-0.4, -0.2) is 18.8 Å². The minimum atomic E-state index is -1.83. The summed E-state index contributed by atoms with van der Waals surface area (Å²) in [7, 11) is 4.82. The summed E-state index contributed by atoms with van der Waals surface area (Å²) < 4.78 is 12.4. The van der Waals surface area contributed by atoms with Crippen LogP contribution >= 0.6 is 8.60 Å². The molecule has 0 N–H and O–H groups in total. The Labute approximate surface area is 79.5 Å². The summed E-state index contributed by atoms with van der Waals surface area (Å²) in [4.78, 5) is 9.88. The van der Waals surface area contributed by atoms with Crippen molar-refractivity contribution in [3.05, 3.63) is 18.7 Å². The molecule has 0 unspecified atom stereocenters. The summed E-state index contributed by atoms with van der Waals surface area (Å²) in [6.45, 7) is 0. The molecule has 0 atom stereocenters. The van der Waals surface area contributed by atoms with Gasteiger partial charge in [0.25, 0.3) is 0 Å². The topological polar surface area (TPSA) is 50.3 Å². The lowest BCUT2D eigenvalue weighted by atomic mass is 10.9. The van der Waals surface area contributed by atoms with Gasteiger partial charge < -0.3 is 13.9 Å². The Bertz CT molecular complexity index is 209. The number of aromatic nitrogens is 2. The molecule has 0 aliphatic carbocycles. The van der Waals surface area contributed by atoms with Gasteiger partial charge in [-0.2, -0.15) is 0 Å². The van der Waals surface area contributed by atoms with Gasteiger partial charge in [0.05, 0.1) is 22.7 Å². The summed E-state index contributed by atoms with van der Waals surface area (Å²) in [6, 6.07) is 0. The molecule has 0 fully saturated rings. The highest BCUT2D eigenvalue weighted by Gasteiger charge is 1.87. The fourth-order valence-corrected chi connectivity index (χ4v) is 0.798. The van der Waals surface area contributed by atoms with Gasteiger partial charge in [0.2, 0.25) is 6.33 Å². The van der Waals surface area contributed by atoms with Gasteiger partial charge in [0.15, 0.2) is 0 Å².